The Morgan fingerprint density at radius 3 is 2.57 bits per heavy atom. The Morgan fingerprint density at radius 2 is 2.07 bits per heavy atom. The van der Waals surface area contributed by atoms with Crippen molar-refractivity contribution in [3.05, 3.63) is 35.4 Å². The maximum absolute atomic E-state index is 6.24. The molecule has 76 valence electrons. The Kier molecular flexibility index (Phi) is 2.15. The minimum atomic E-state index is 0.227. The van der Waals surface area contributed by atoms with E-state index in [1.807, 2.05) is 0 Å². The molecule has 0 heterocycles. The third-order valence-electron chi connectivity index (χ3n) is 3.45. The minimum absolute atomic E-state index is 0.227. The van der Waals surface area contributed by atoms with Gasteiger partial charge < -0.3 is 5.73 Å². The van der Waals surface area contributed by atoms with Crippen LogP contribution in [0.2, 0.25) is 0 Å². The molecule has 0 amide bonds. The molecule has 1 aliphatic rings. The fourth-order valence-electron chi connectivity index (χ4n) is 2.23. The lowest BCUT2D eigenvalue weighted by Crippen LogP contribution is -2.15. The Hall–Kier alpha value is -0.820. The molecule has 0 radical (unpaired) electrons. The van der Waals surface area contributed by atoms with Crippen molar-refractivity contribution in [1.29, 1.82) is 0 Å². The van der Waals surface area contributed by atoms with E-state index >= 15 is 0 Å². The van der Waals surface area contributed by atoms with Gasteiger partial charge in [0.2, 0.25) is 0 Å². The van der Waals surface area contributed by atoms with Gasteiger partial charge in [0.05, 0.1) is 0 Å². The lowest BCUT2D eigenvalue weighted by Gasteiger charge is -2.14. The van der Waals surface area contributed by atoms with E-state index < -0.39 is 0 Å². The van der Waals surface area contributed by atoms with Gasteiger partial charge in [0.25, 0.3) is 0 Å². The van der Waals surface area contributed by atoms with Gasteiger partial charge in [0.15, 0.2) is 0 Å². The van der Waals surface area contributed by atoms with Crippen molar-refractivity contribution in [2.45, 2.75) is 33.2 Å². The molecular weight excluding hydrogens is 170 g/mol. The predicted molar refractivity (Wildman–Crippen MR) is 60.0 cm³/mol. The lowest BCUT2D eigenvalue weighted by atomic mass is 9.97. The predicted octanol–water partition coefficient (Wildman–Crippen LogP) is 3.04. The summed E-state index contributed by atoms with van der Waals surface area (Å²) < 4.78 is 0. The van der Waals surface area contributed by atoms with E-state index in [0.29, 0.717) is 11.3 Å². The van der Waals surface area contributed by atoms with Crippen molar-refractivity contribution in [2.24, 2.45) is 17.1 Å². The van der Waals surface area contributed by atoms with Crippen molar-refractivity contribution in [3.8, 4) is 0 Å². The number of hydrogen-bond acceptors (Lipinski definition) is 1. The van der Waals surface area contributed by atoms with E-state index in [1.165, 1.54) is 17.5 Å². The highest BCUT2D eigenvalue weighted by Crippen LogP contribution is 2.56. The number of hydrogen-bond donors (Lipinski definition) is 1. The summed E-state index contributed by atoms with van der Waals surface area (Å²) in [7, 11) is 0. The first kappa shape index (κ1) is 9.72. The molecule has 2 rings (SSSR count). The molecule has 2 N–H and O–H groups in total. The molecule has 2 atom stereocenters. The molecule has 1 aromatic rings. The van der Waals surface area contributed by atoms with Crippen LogP contribution >= 0.6 is 0 Å². The molecule has 0 aromatic heterocycles. The van der Waals surface area contributed by atoms with Crippen LogP contribution in [0.4, 0.5) is 0 Å². The zero-order valence-corrected chi connectivity index (χ0v) is 9.25. The molecule has 0 bridgehead atoms. The van der Waals surface area contributed by atoms with Crippen LogP contribution < -0.4 is 5.73 Å². The first-order valence-electron chi connectivity index (χ1n) is 5.33. The highest BCUT2D eigenvalue weighted by Gasteiger charge is 2.49. The van der Waals surface area contributed by atoms with E-state index in [1.54, 1.807) is 0 Å². The molecule has 1 aromatic carbocycles. The lowest BCUT2D eigenvalue weighted by molar-refractivity contribution is 0.491. The summed E-state index contributed by atoms with van der Waals surface area (Å²) >= 11 is 0. The molecule has 0 spiro atoms. The second kappa shape index (κ2) is 3.09. The molecule has 1 fully saturated rings. The van der Waals surface area contributed by atoms with Crippen molar-refractivity contribution in [3.63, 3.8) is 0 Å². The molecule has 1 aliphatic carbocycles. The molecule has 0 aliphatic heterocycles. The average molecular weight is 189 g/mol. The first-order valence-corrected chi connectivity index (χ1v) is 5.33. The Morgan fingerprint density at radius 1 is 1.43 bits per heavy atom. The fourth-order valence-corrected chi connectivity index (χ4v) is 2.23. The summed E-state index contributed by atoms with van der Waals surface area (Å²) in [6, 6.07) is 8.80. The maximum Gasteiger partial charge on any atom is 0.0328 e. The number of benzene rings is 1. The van der Waals surface area contributed by atoms with Gasteiger partial charge in [-0.15, -0.1) is 0 Å². The molecule has 2 unspecified atom stereocenters. The zero-order chi connectivity index (χ0) is 10.3. The summed E-state index contributed by atoms with van der Waals surface area (Å²) in [6.45, 7) is 6.72. The second-order valence-electron chi connectivity index (χ2n) is 5.24. The molecule has 1 nitrogen and oxygen atoms in total. The minimum Gasteiger partial charge on any atom is -0.324 e. The van der Waals surface area contributed by atoms with Crippen LogP contribution in [-0.2, 0) is 0 Å². The summed E-state index contributed by atoms with van der Waals surface area (Å²) in [6.07, 6.45) is 1.27. The highest BCUT2D eigenvalue weighted by atomic mass is 14.7. The third-order valence-corrected chi connectivity index (χ3v) is 3.45. The number of aryl methyl sites for hydroxylation is 1. The van der Waals surface area contributed by atoms with Crippen LogP contribution in [0, 0.1) is 18.3 Å². The van der Waals surface area contributed by atoms with E-state index in [4.69, 9.17) is 5.73 Å². The van der Waals surface area contributed by atoms with Gasteiger partial charge in [-0.3, -0.25) is 0 Å². The SMILES string of the molecule is Cc1cccc(C(N)C2CC2(C)C)c1. The molecule has 14 heavy (non-hydrogen) atoms. The largest absolute Gasteiger partial charge is 0.324 e. The topological polar surface area (TPSA) is 26.0 Å². The van der Waals surface area contributed by atoms with E-state index in [2.05, 4.69) is 45.0 Å². The van der Waals surface area contributed by atoms with E-state index in [0.717, 1.165) is 0 Å². The van der Waals surface area contributed by atoms with Gasteiger partial charge in [-0.1, -0.05) is 43.7 Å². The average Bonchev–Trinajstić information content (AvgIpc) is 2.74. The van der Waals surface area contributed by atoms with E-state index in [9.17, 15) is 0 Å². The van der Waals surface area contributed by atoms with Gasteiger partial charge in [-0.25, -0.2) is 0 Å². The molecule has 1 heteroatoms. The maximum atomic E-state index is 6.24. The smallest absolute Gasteiger partial charge is 0.0328 e. The Bertz CT molecular complexity index is 341. The third kappa shape index (κ3) is 1.69. The normalized spacial score (nSPS) is 25.9. The summed E-state index contributed by atoms with van der Waals surface area (Å²) in [5.41, 5.74) is 9.30. The van der Waals surface area contributed by atoms with Gasteiger partial charge in [-0.2, -0.15) is 0 Å². The summed E-state index contributed by atoms with van der Waals surface area (Å²) in [4.78, 5) is 0. The number of rotatable bonds is 2. The second-order valence-corrected chi connectivity index (χ2v) is 5.24. The highest BCUT2D eigenvalue weighted by molar-refractivity contribution is 5.27. The first-order chi connectivity index (χ1) is 6.50. The number of nitrogens with two attached hydrogens (primary N) is 1. The fraction of sp³-hybridized carbons (Fsp3) is 0.538. The van der Waals surface area contributed by atoms with Gasteiger partial charge in [0, 0.05) is 6.04 Å². The zero-order valence-electron chi connectivity index (χ0n) is 9.25. The van der Waals surface area contributed by atoms with Crippen molar-refractivity contribution < 1.29 is 0 Å². The Balaban J connectivity index is 2.16. The van der Waals surface area contributed by atoms with Crippen molar-refractivity contribution in [2.75, 3.05) is 0 Å². The van der Waals surface area contributed by atoms with Gasteiger partial charge in [-0.05, 0) is 30.2 Å². The van der Waals surface area contributed by atoms with Crippen LogP contribution in [0.1, 0.15) is 37.4 Å². The van der Waals surface area contributed by atoms with Crippen LogP contribution in [0.3, 0.4) is 0 Å². The summed E-state index contributed by atoms with van der Waals surface area (Å²) in [5, 5.41) is 0. The van der Waals surface area contributed by atoms with Crippen molar-refractivity contribution >= 4 is 0 Å². The summed E-state index contributed by atoms with van der Waals surface area (Å²) in [5.74, 6) is 0.671. The van der Waals surface area contributed by atoms with Crippen LogP contribution in [0.5, 0.6) is 0 Å². The standard InChI is InChI=1S/C13H19N/c1-9-5-4-6-10(7-9)12(14)11-8-13(11,2)3/h4-7,11-12H,8,14H2,1-3H3. The molecular formula is C13H19N. The quantitative estimate of drug-likeness (QED) is 0.760. The van der Waals surface area contributed by atoms with Gasteiger partial charge >= 0.3 is 0 Å². The van der Waals surface area contributed by atoms with Crippen LogP contribution in [0.25, 0.3) is 0 Å². The van der Waals surface area contributed by atoms with Crippen LogP contribution in [-0.4, -0.2) is 0 Å². The Labute approximate surface area is 86.3 Å². The monoisotopic (exact) mass is 189 g/mol. The van der Waals surface area contributed by atoms with Crippen LogP contribution in [0.15, 0.2) is 24.3 Å². The van der Waals surface area contributed by atoms with Gasteiger partial charge in [0.1, 0.15) is 0 Å². The molecule has 0 saturated heterocycles. The van der Waals surface area contributed by atoms with E-state index in [-0.39, 0.29) is 6.04 Å². The van der Waals surface area contributed by atoms with Crippen molar-refractivity contribution in [1.82, 2.24) is 0 Å². The molecule has 1 saturated carbocycles.